The van der Waals surface area contributed by atoms with Crippen LogP contribution in [-0.2, 0) is 16.8 Å². The summed E-state index contributed by atoms with van der Waals surface area (Å²) in [5.41, 5.74) is -6.15. The lowest BCUT2D eigenvalue weighted by Gasteiger charge is -2.33. The second kappa shape index (κ2) is 9.60. The lowest BCUT2D eigenvalue weighted by atomic mass is 9.89. The van der Waals surface area contributed by atoms with Crippen molar-refractivity contribution in [3.05, 3.63) is 53.6 Å². The molecule has 1 unspecified atom stereocenters. The molecule has 3 rings (SSSR count). The average molecular weight is 505 g/mol. The van der Waals surface area contributed by atoms with Gasteiger partial charge in [0.15, 0.2) is 0 Å². The van der Waals surface area contributed by atoms with Crippen molar-refractivity contribution in [1.29, 1.82) is 0 Å². The third-order valence-corrected chi connectivity index (χ3v) is 5.85. The lowest BCUT2D eigenvalue weighted by molar-refractivity contribution is -0.376. The topological polar surface area (TPSA) is 59.0 Å². The number of anilines is 1. The molecule has 1 N–H and O–H groups in total. The smallest absolute Gasteiger partial charge is 0.430 e. The number of rotatable bonds is 5. The number of halogens is 6. The van der Waals surface area contributed by atoms with E-state index in [-0.39, 0.29) is 36.5 Å². The summed E-state index contributed by atoms with van der Waals surface area (Å²) in [4.78, 5) is 14.3. The van der Waals surface area contributed by atoms with Crippen LogP contribution in [0.5, 0.6) is 11.5 Å². The molecule has 0 radical (unpaired) electrons. The van der Waals surface area contributed by atoms with Gasteiger partial charge >= 0.3 is 12.4 Å². The van der Waals surface area contributed by atoms with Crippen LogP contribution in [0.15, 0.2) is 42.5 Å². The number of nitrogens with zero attached hydrogens (tertiary/aromatic N) is 1. The molecule has 2 aromatic carbocycles. The van der Waals surface area contributed by atoms with Crippen molar-refractivity contribution >= 4 is 11.6 Å². The summed E-state index contributed by atoms with van der Waals surface area (Å²) in [5.74, 6) is 0.190. The maximum absolute atomic E-state index is 13.4. The predicted octanol–water partition coefficient (Wildman–Crippen LogP) is 5.39. The number of amides is 1. The standard InChI is InChI=1S/C24H25F6NO4/c1-14(2)21(32)31-13-19(35-18-9-7-17(34-3)8-10-18)6-4-15-12-16(5-11-20(15)31)22(33,23(25,26)27)24(28,29)30/h5,7-12,14,19,33H,4,6,13H2,1-3H3. The van der Waals surface area contributed by atoms with Gasteiger partial charge in [0, 0.05) is 17.2 Å². The molecule has 1 heterocycles. The van der Waals surface area contributed by atoms with Crippen LogP contribution in [0.2, 0.25) is 0 Å². The van der Waals surface area contributed by atoms with Crippen LogP contribution in [0.25, 0.3) is 0 Å². The van der Waals surface area contributed by atoms with Crippen LogP contribution in [0.4, 0.5) is 32.0 Å². The van der Waals surface area contributed by atoms with Crippen molar-refractivity contribution in [1.82, 2.24) is 0 Å². The quantitative estimate of drug-likeness (QED) is 0.554. The lowest BCUT2D eigenvalue weighted by Crippen LogP contribution is -2.54. The van der Waals surface area contributed by atoms with E-state index in [0.29, 0.717) is 23.6 Å². The summed E-state index contributed by atoms with van der Waals surface area (Å²) in [6.07, 6.45) is -12.4. The number of aliphatic hydroxyl groups is 1. The highest BCUT2D eigenvalue weighted by atomic mass is 19.4. The molecule has 35 heavy (non-hydrogen) atoms. The molecular weight excluding hydrogens is 480 g/mol. The molecule has 0 aromatic heterocycles. The minimum atomic E-state index is -6.00. The van der Waals surface area contributed by atoms with Crippen LogP contribution in [0.1, 0.15) is 31.4 Å². The first-order valence-corrected chi connectivity index (χ1v) is 10.8. The second-order valence-electron chi connectivity index (χ2n) is 8.61. The minimum absolute atomic E-state index is 0.0255. The largest absolute Gasteiger partial charge is 0.497 e. The van der Waals surface area contributed by atoms with E-state index in [9.17, 15) is 36.2 Å². The van der Waals surface area contributed by atoms with Crippen molar-refractivity contribution in [2.75, 3.05) is 18.6 Å². The van der Waals surface area contributed by atoms with Gasteiger partial charge in [0.05, 0.1) is 13.7 Å². The zero-order valence-electron chi connectivity index (χ0n) is 19.2. The minimum Gasteiger partial charge on any atom is -0.497 e. The Morgan fingerprint density at radius 2 is 1.57 bits per heavy atom. The predicted molar refractivity (Wildman–Crippen MR) is 115 cm³/mol. The summed E-state index contributed by atoms with van der Waals surface area (Å²) < 4.78 is 91.5. The van der Waals surface area contributed by atoms with E-state index in [1.165, 1.54) is 12.0 Å². The van der Waals surface area contributed by atoms with Gasteiger partial charge in [-0.1, -0.05) is 26.0 Å². The molecule has 5 nitrogen and oxygen atoms in total. The summed E-state index contributed by atoms with van der Waals surface area (Å²) in [6, 6.07) is 8.88. The summed E-state index contributed by atoms with van der Waals surface area (Å²) >= 11 is 0. The van der Waals surface area contributed by atoms with Gasteiger partial charge < -0.3 is 19.5 Å². The van der Waals surface area contributed by atoms with E-state index < -0.39 is 35.5 Å². The van der Waals surface area contributed by atoms with Crippen LogP contribution in [0, 0.1) is 5.92 Å². The van der Waals surface area contributed by atoms with Gasteiger partial charge in [-0.05, 0) is 48.7 Å². The fourth-order valence-electron chi connectivity index (χ4n) is 3.94. The number of aryl methyl sites for hydroxylation is 1. The SMILES string of the molecule is COc1ccc(OC2CCc3cc(C(O)(C(F)(F)F)C(F)(F)F)ccc3N(C(=O)C(C)C)C2)cc1. The van der Waals surface area contributed by atoms with Crippen LogP contribution in [-0.4, -0.2) is 43.1 Å². The fourth-order valence-corrected chi connectivity index (χ4v) is 3.94. The van der Waals surface area contributed by atoms with Gasteiger partial charge in [0.25, 0.3) is 5.60 Å². The number of benzene rings is 2. The molecular formula is C24H25F6NO4. The first-order valence-electron chi connectivity index (χ1n) is 10.8. The highest BCUT2D eigenvalue weighted by molar-refractivity contribution is 5.95. The Morgan fingerprint density at radius 3 is 2.09 bits per heavy atom. The Labute approximate surface area is 198 Å². The molecule has 1 atom stereocenters. The monoisotopic (exact) mass is 505 g/mol. The fraction of sp³-hybridized carbons (Fsp3) is 0.458. The molecule has 0 fully saturated rings. The second-order valence-corrected chi connectivity index (χ2v) is 8.61. The van der Waals surface area contributed by atoms with Gasteiger partial charge in [-0.2, -0.15) is 26.3 Å². The van der Waals surface area contributed by atoms with Crippen LogP contribution < -0.4 is 14.4 Å². The third-order valence-electron chi connectivity index (χ3n) is 5.85. The Hall–Kier alpha value is -2.95. The molecule has 192 valence electrons. The third kappa shape index (κ3) is 5.19. The van der Waals surface area contributed by atoms with Gasteiger partial charge in [0.1, 0.15) is 17.6 Å². The number of carbonyl (C=O) groups excluding carboxylic acids is 1. The summed E-state index contributed by atoms with van der Waals surface area (Å²) in [6.45, 7) is 3.30. The van der Waals surface area contributed by atoms with Crippen molar-refractivity contribution in [2.45, 2.75) is 50.7 Å². The Bertz CT molecular complexity index is 1040. The Balaban J connectivity index is 2.01. The van der Waals surface area contributed by atoms with E-state index in [1.54, 1.807) is 38.1 Å². The summed E-state index contributed by atoms with van der Waals surface area (Å²) in [5, 5.41) is 9.81. The highest BCUT2D eigenvalue weighted by Gasteiger charge is 2.71. The maximum atomic E-state index is 13.4. The zero-order chi connectivity index (χ0) is 26.2. The number of hydrogen-bond donors (Lipinski definition) is 1. The Kier molecular flexibility index (Phi) is 7.31. The van der Waals surface area contributed by atoms with Gasteiger partial charge in [-0.25, -0.2) is 0 Å². The molecule has 0 spiro atoms. The zero-order valence-corrected chi connectivity index (χ0v) is 19.2. The maximum Gasteiger partial charge on any atom is 0.430 e. The normalized spacial score (nSPS) is 17.1. The number of fused-ring (bicyclic) bond motifs is 1. The number of alkyl halides is 6. The molecule has 11 heteroatoms. The molecule has 1 aliphatic heterocycles. The molecule has 1 amide bonds. The van der Waals surface area contributed by atoms with E-state index in [2.05, 4.69) is 0 Å². The molecule has 2 aromatic rings. The molecule has 0 saturated carbocycles. The first kappa shape index (κ1) is 26.7. The molecule has 0 bridgehead atoms. The van der Waals surface area contributed by atoms with E-state index in [1.807, 2.05) is 0 Å². The van der Waals surface area contributed by atoms with Gasteiger partial charge in [0.2, 0.25) is 5.91 Å². The van der Waals surface area contributed by atoms with Gasteiger partial charge in [-0.3, -0.25) is 4.79 Å². The average Bonchev–Trinajstić information content (AvgIpc) is 2.96. The summed E-state index contributed by atoms with van der Waals surface area (Å²) in [7, 11) is 1.50. The van der Waals surface area contributed by atoms with Crippen molar-refractivity contribution in [3.8, 4) is 11.5 Å². The highest BCUT2D eigenvalue weighted by Crippen LogP contribution is 2.50. The van der Waals surface area contributed by atoms with Crippen LogP contribution in [0.3, 0.4) is 0 Å². The Morgan fingerprint density at radius 1 is 1.00 bits per heavy atom. The molecule has 0 saturated heterocycles. The van der Waals surface area contributed by atoms with Crippen LogP contribution >= 0.6 is 0 Å². The van der Waals surface area contributed by atoms with E-state index >= 15 is 0 Å². The molecule has 1 aliphatic rings. The van der Waals surface area contributed by atoms with Crippen molar-refractivity contribution < 1.29 is 45.7 Å². The molecule has 0 aliphatic carbocycles. The van der Waals surface area contributed by atoms with Crippen molar-refractivity contribution in [2.24, 2.45) is 5.92 Å². The number of ether oxygens (including phenoxy) is 2. The van der Waals surface area contributed by atoms with Gasteiger partial charge in [-0.15, -0.1) is 0 Å². The van der Waals surface area contributed by atoms with E-state index in [4.69, 9.17) is 9.47 Å². The number of hydrogen-bond acceptors (Lipinski definition) is 4. The van der Waals surface area contributed by atoms with E-state index in [0.717, 1.165) is 6.07 Å². The van der Waals surface area contributed by atoms with Crippen molar-refractivity contribution in [3.63, 3.8) is 0 Å². The number of carbonyl (C=O) groups is 1. The number of methoxy groups -OCH3 is 1. The first-order chi connectivity index (χ1) is 16.2.